The van der Waals surface area contributed by atoms with Gasteiger partial charge in [0.2, 0.25) is 5.72 Å². The molecule has 3 nitrogen and oxygen atoms in total. The Kier molecular flexibility index (Phi) is 2.11. The summed E-state index contributed by atoms with van der Waals surface area (Å²) in [6.07, 6.45) is 0.356. The number of aliphatic hydroxyl groups is 2. The number of nitrogens with zero attached hydrogens (tertiary/aromatic N) is 1. The van der Waals surface area contributed by atoms with Crippen LogP contribution in [0.3, 0.4) is 0 Å². The first-order chi connectivity index (χ1) is 9.56. The van der Waals surface area contributed by atoms with Crippen molar-refractivity contribution in [3.63, 3.8) is 0 Å². The molecule has 1 heterocycles. The molecule has 0 saturated carbocycles. The Morgan fingerprint density at radius 3 is 2.15 bits per heavy atom. The molecule has 0 saturated heterocycles. The molecule has 0 radical (unpaired) electrons. The normalized spacial score (nSPS) is 30.2. The zero-order chi connectivity index (χ0) is 14.0. The number of hydrogen-bond donors (Lipinski definition) is 2. The van der Waals surface area contributed by atoms with E-state index in [4.69, 9.17) is 0 Å². The Hall–Kier alpha value is -1.97. The van der Waals surface area contributed by atoms with E-state index in [0.717, 1.165) is 22.4 Å². The summed E-state index contributed by atoms with van der Waals surface area (Å²) < 4.78 is 0. The molecule has 2 N–H and O–H groups in total. The van der Waals surface area contributed by atoms with E-state index in [1.807, 2.05) is 55.5 Å². The van der Waals surface area contributed by atoms with Gasteiger partial charge in [-0.3, -0.25) is 4.99 Å². The summed E-state index contributed by atoms with van der Waals surface area (Å²) in [5, 5.41) is 22.3. The van der Waals surface area contributed by atoms with Gasteiger partial charge < -0.3 is 10.2 Å². The molecular formula is C17H15NO2. The maximum Gasteiger partial charge on any atom is 0.216 e. The smallest absolute Gasteiger partial charge is 0.216 e. The summed E-state index contributed by atoms with van der Waals surface area (Å²) in [7, 11) is 0. The minimum absolute atomic E-state index is 0.356. The van der Waals surface area contributed by atoms with Gasteiger partial charge in [0.25, 0.3) is 0 Å². The summed E-state index contributed by atoms with van der Waals surface area (Å²) >= 11 is 0. The van der Waals surface area contributed by atoms with E-state index < -0.39 is 11.3 Å². The molecule has 2 aromatic carbocycles. The van der Waals surface area contributed by atoms with Crippen molar-refractivity contribution in [2.24, 2.45) is 4.99 Å². The zero-order valence-corrected chi connectivity index (χ0v) is 11.2. The van der Waals surface area contributed by atoms with Crippen LogP contribution in [0, 0.1) is 0 Å². The van der Waals surface area contributed by atoms with Crippen LogP contribution >= 0.6 is 0 Å². The lowest BCUT2D eigenvalue weighted by molar-refractivity contribution is -0.147. The summed E-state index contributed by atoms with van der Waals surface area (Å²) in [4.78, 5) is 4.38. The van der Waals surface area contributed by atoms with E-state index in [9.17, 15) is 10.2 Å². The van der Waals surface area contributed by atoms with Gasteiger partial charge in [-0.25, -0.2) is 0 Å². The van der Waals surface area contributed by atoms with Gasteiger partial charge >= 0.3 is 0 Å². The fourth-order valence-electron chi connectivity index (χ4n) is 3.57. The molecule has 2 unspecified atom stereocenters. The molecule has 2 aromatic rings. The highest BCUT2D eigenvalue weighted by molar-refractivity contribution is 5.89. The molecule has 1 aliphatic heterocycles. The third kappa shape index (κ3) is 1.20. The van der Waals surface area contributed by atoms with Gasteiger partial charge in [-0.2, -0.15) is 0 Å². The molecular weight excluding hydrogens is 250 g/mol. The summed E-state index contributed by atoms with van der Waals surface area (Å²) in [5.74, 6) is 0. The number of benzene rings is 2. The second-order valence-corrected chi connectivity index (χ2v) is 5.65. The molecule has 0 amide bonds. The van der Waals surface area contributed by atoms with Gasteiger partial charge in [0.05, 0.1) is 0 Å². The van der Waals surface area contributed by atoms with E-state index in [0.29, 0.717) is 12.0 Å². The Balaban J connectivity index is 2.15. The largest absolute Gasteiger partial charge is 0.379 e. The molecule has 0 fully saturated rings. The van der Waals surface area contributed by atoms with Gasteiger partial charge in [0.1, 0.15) is 5.60 Å². The van der Waals surface area contributed by atoms with Crippen LogP contribution in [-0.2, 0) is 11.3 Å². The van der Waals surface area contributed by atoms with E-state index >= 15 is 0 Å². The molecule has 0 aromatic heterocycles. The number of rotatable bonds is 0. The quantitative estimate of drug-likeness (QED) is 0.769. The second kappa shape index (κ2) is 3.57. The van der Waals surface area contributed by atoms with Crippen molar-refractivity contribution >= 4 is 5.71 Å². The highest BCUT2D eigenvalue weighted by Gasteiger charge is 2.59. The lowest BCUT2D eigenvalue weighted by atomic mass is 9.70. The Morgan fingerprint density at radius 1 is 0.900 bits per heavy atom. The van der Waals surface area contributed by atoms with Crippen molar-refractivity contribution in [3.8, 4) is 11.1 Å². The fourth-order valence-corrected chi connectivity index (χ4v) is 3.57. The number of hydrogen-bond acceptors (Lipinski definition) is 3. The maximum absolute atomic E-state index is 11.2. The van der Waals surface area contributed by atoms with Crippen LogP contribution in [-0.4, -0.2) is 15.9 Å². The van der Waals surface area contributed by atoms with Crippen molar-refractivity contribution in [2.75, 3.05) is 0 Å². The van der Waals surface area contributed by atoms with Crippen molar-refractivity contribution < 1.29 is 10.2 Å². The van der Waals surface area contributed by atoms with Crippen LogP contribution in [0.4, 0.5) is 0 Å². The molecule has 0 spiro atoms. The van der Waals surface area contributed by atoms with Gasteiger partial charge in [-0.1, -0.05) is 48.5 Å². The van der Waals surface area contributed by atoms with E-state index in [1.54, 1.807) is 0 Å². The Morgan fingerprint density at radius 2 is 1.45 bits per heavy atom. The predicted octanol–water partition coefficient (Wildman–Crippen LogP) is 2.56. The van der Waals surface area contributed by atoms with Gasteiger partial charge in [-0.05, 0) is 23.6 Å². The summed E-state index contributed by atoms with van der Waals surface area (Å²) in [6, 6.07) is 15.3. The highest BCUT2D eigenvalue weighted by atomic mass is 16.4. The molecule has 4 rings (SSSR count). The monoisotopic (exact) mass is 265 g/mol. The summed E-state index contributed by atoms with van der Waals surface area (Å²) in [6.45, 7) is 1.85. The molecule has 0 bridgehead atoms. The third-order valence-corrected chi connectivity index (χ3v) is 4.41. The molecule has 100 valence electrons. The fraction of sp³-hybridized carbons (Fsp3) is 0.235. The number of fused-ring (bicyclic) bond motifs is 6. The Bertz CT molecular complexity index is 752. The first-order valence-electron chi connectivity index (χ1n) is 6.76. The van der Waals surface area contributed by atoms with Crippen molar-refractivity contribution in [1.29, 1.82) is 0 Å². The van der Waals surface area contributed by atoms with Crippen LogP contribution in [0.5, 0.6) is 0 Å². The lowest BCUT2D eigenvalue weighted by Gasteiger charge is -2.42. The van der Waals surface area contributed by atoms with E-state index in [-0.39, 0.29) is 0 Å². The van der Waals surface area contributed by atoms with Crippen LogP contribution < -0.4 is 0 Å². The van der Waals surface area contributed by atoms with Crippen LogP contribution in [0.15, 0.2) is 53.5 Å². The standard InChI is InChI=1S/C17H15NO2/c1-11-10-16(19)14-8-4-2-6-12(14)13-7-3-5-9-15(13)17(16,20)18-11/h2-9,19-20H,10H2,1H3. The van der Waals surface area contributed by atoms with E-state index in [1.165, 1.54) is 0 Å². The summed E-state index contributed by atoms with van der Waals surface area (Å²) in [5.41, 5.74) is 1.15. The first-order valence-corrected chi connectivity index (χ1v) is 6.76. The van der Waals surface area contributed by atoms with E-state index in [2.05, 4.69) is 4.99 Å². The van der Waals surface area contributed by atoms with Crippen LogP contribution in [0.25, 0.3) is 11.1 Å². The molecule has 2 atom stereocenters. The van der Waals surface area contributed by atoms with Crippen LogP contribution in [0.2, 0.25) is 0 Å². The van der Waals surface area contributed by atoms with Crippen molar-refractivity contribution in [1.82, 2.24) is 0 Å². The van der Waals surface area contributed by atoms with Crippen LogP contribution in [0.1, 0.15) is 24.5 Å². The molecule has 20 heavy (non-hydrogen) atoms. The van der Waals surface area contributed by atoms with Gasteiger partial charge in [0, 0.05) is 17.7 Å². The number of aliphatic imine (C=N–C) groups is 1. The molecule has 3 heteroatoms. The van der Waals surface area contributed by atoms with Gasteiger partial charge in [0.15, 0.2) is 0 Å². The molecule has 1 aliphatic carbocycles. The molecule has 2 aliphatic rings. The predicted molar refractivity (Wildman–Crippen MR) is 77.4 cm³/mol. The minimum Gasteiger partial charge on any atom is -0.379 e. The van der Waals surface area contributed by atoms with Crippen molar-refractivity contribution in [2.45, 2.75) is 24.7 Å². The van der Waals surface area contributed by atoms with Crippen molar-refractivity contribution in [3.05, 3.63) is 59.7 Å². The second-order valence-electron chi connectivity index (χ2n) is 5.65. The average Bonchev–Trinajstić information content (AvgIpc) is 2.70. The topological polar surface area (TPSA) is 52.8 Å². The lowest BCUT2D eigenvalue weighted by Crippen LogP contribution is -2.47. The minimum atomic E-state index is -1.58. The highest BCUT2D eigenvalue weighted by Crippen LogP contribution is 2.56. The first kappa shape index (κ1) is 11.8. The average molecular weight is 265 g/mol. The third-order valence-electron chi connectivity index (χ3n) is 4.41. The maximum atomic E-state index is 11.2. The van der Waals surface area contributed by atoms with Gasteiger partial charge in [-0.15, -0.1) is 0 Å². The zero-order valence-electron chi connectivity index (χ0n) is 11.2. The Labute approximate surface area is 117 Å². The SMILES string of the molecule is CC1=NC2(O)c3ccccc3-c3ccccc3C2(O)C1.